The predicted molar refractivity (Wildman–Crippen MR) is 58.7 cm³/mol. The summed E-state index contributed by atoms with van der Waals surface area (Å²) >= 11 is 0. The van der Waals surface area contributed by atoms with Crippen molar-refractivity contribution in [1.82, 2.24) is 19.5 Å². The molecule has 0 aliphatic rings. The molecule has 84 valence electrons. The lowest BCUT2D eigenvalue weighted by Gasteiger charge is -2.11. The highest BCUT2D eigenvalue weighted by Crippen LogP contribution is 2.18. The van der Waals surface area contributed by atoms with Crippen molar-refractivity contribution >= 4 is 0 Å². The number of hydrogen-bond acceptors (Lipinski definition) is 4. The Morgan fingerprint density at radius 1 is 1.38 bits per heavy atom. The van der Waals surface area contributed by atoms with Gasteiger partial charge >= 0.3 is 0 Å². The topological polar surface area (TPSA) is 63.8 Å². The Kier molecular flexibility index (Phi) is 2.96. The van der Waals surface area contributed by atoms with Crippen molar-refractivity contribution in [2.45, 2.75) is 26.5 Å². The smallest absolute Gasteiger partial charge is 0.154 e. The molecule has 1 N–H and O–H groups in total. The van der Waals surface area contributed by atoms with E-state index < -0.39 is 6.10 Å². The van der Waals surface area contributed by atoms with Gasteiger partial charge in [0.15, 0.2) is 6.10 Å². The number of nitrogens with zero attached hydrogens (tertiary/aromatic N) is 4. The molecule has 1 unspecified atom stereocenters. The molecule has 2 rings (SSSR count). The first-order chi connectivity index (χ1) is 7.72. The Bertz CT molecular complexity index is 480. The van der Waals surface area contributed by atoms with Gasteiger partial charge in [-0.3, -0.25) is 0 Å². The average Bonchev–Trinajstić information content (AvgIpc) is 2.76. The second-order valence-electron chi connectivity index (χ2n) is 3.50. The Labute approximate surface area is 93.8 Å². The lowest BCUT2D eigenvalue weighted by atomic mass is 10.2. The van der Waals surface area contributed by atoms with Crippen LogP contribution in [0.4, 0.5) is 0 Å². The minimum Gasteiger partial charge on any atom is -0.379 e. The van der Waals surface area contributed by atoms with E-state index in [1.807, 2.05) is 17.7 Å². The highest BCUT2D eigenvalue weighted by Gasteiger charge is 2.16. The highest BCUT2D eigenvalue weighted by atomic mass is 16.3. The SMILES string of the molecule is CCn1ccnc1C(O)c1ccnc(C)n1. The van der Waals surface area contributed by atoms with Gasteiger partial charge < -0.3 is 9.67 Å². The van der Waals surface area contributed by atoms with E-state index in [1.54, 1.807) is 25.4 Å². The van der Waals surface area contributed by atoms with Crippen LogP contribution in [0.5, 0.6) is 0 Å². The molecule has 0 fully saturated rings. The van der Waals surface area contributed by atoms with Crippen molar-refractivity contribution in [3.8, 4) is 0 Å². The lowest BCUT2D eigenvalue weighted by Crippen LogP contribution is -2.11. The summed E-state index contributed by atoms with van der Waals surface area (Å²) in [4.78, 5) is 12.3. The maximum Gasteiger partial charge on any atom is 0.154 e. The molecule has 1 atom stereocenters. The zero-order chi connectivity index (χ0) is 11.5. The molecule has 0 saturated heterocycles. The van der Waals surface area contributed by atoms with Crippen LogP contribution >= 0.6 is 0 Å². The number of hydrogen-bond donors (Lipinski definition) is 1. The molecular weight excluding hydrogens is 204 g/mol. The predicted octanol–water partition coefficient (Wildman–Crippen LogP) is 1.08. The molecule has 16 heavy (non-hydrogen) atoms. The second-order valence-corrected chi connectivity index (χ2v) is 3.50. The number of rotatable bonds is 3. The first kappa shape index (κ1) is 10.8. The lowest BCUT2D eigenvalue weighted by molar-refractivity contribution is 0.199. The molecule has 0 spiro atoms. The van der Waals surface area contributed by atoms with Crippen molar-refractivity contribution in [2.75, 3.05) is 0 Å². The van der Waals surface area contributed by atoms with Gasteiger partial charge in [0.25, 0.3) is 0 Å². The molecule has 0 bridgehead atoms. The third kappa shape index (κ3) is 1.94. The maximum absolute atomic E-state index is 10.1. The zero-order valence-electron chi connectivity index (χ0n) is 9.33. The normalized spacial score (nSPS) is 12.7. The van der Waals surface area contributed by atoms with Crippen LogP contribution in [0.3, 0.4) is 0 Å². The summed E-state index contributed by atoms with van der Waals surface area (Å²) in [6.07, 6.45) is 4.36. The van der Waals surface area contributed by atoms with Crippen LogP contribution in [0, 0.1) is 6.92 Å². The number of aliphatic hydroxyl groups excluding tert-OH is 1. The van der Waals surface area contributed by atoms with Crippen molar-refractivity contribution in [1.29, 1.82) is 0 Å². The van der Waals surface area contributed by atoms with Gasteiger partial charge in [-0.25, -0.2) is 15.0 Å². The summed E-state index contributed by atoms with van der Waals surface area (Å²) in [7, 11) is 0. The number of aromatic nitrogens is 4. The van der Waals surface area contributed by atoms with Crippen molar-refractivity contribution in [3.63, 3.8) is 0 Å². The van der Waals surface area contributed by atoms with Gasteiger partial charge in [0.05, 0.1) is 5.69 Å². The van der Waals surface area contributed by atoms with Gasteiger partial charge in [-0.1, -0.05) is 0 Å². The Morgan fingerprint density at radius 2 is 2.19 bits per heavy atom. The molecule has 2 aromatic rings. The van der Waals surface area contributed by atoms with Crippen LogP contribution in [0.25, 0.3) is 0 Å². The minimum atomic E-state index is -0.795. The van der Waals surface area contributed by atoms with Crippen LogP contribution in [0.2, 0.25) is 0 Å². The minimum absolute atomic E-state index is 0.577. The van der Waals surface area contributed by atoms with Crippen molar-refractivity contribution in [2.24, 2.45) is 0 Å². The van der Waals surface area contributed by atoms with E-state index in [2.05, 4.69) is 15.0 Å². The molecule has 0 aromatic carbocycles. The van der Waals surface area contributed by atoms with Gasteiger partial charge in [0.2, 0.25) is 0 Å². The first-order valence-corrected chi connectivity index (χ1v) is 5.21. The van der Waals surface area contributed by atoms with E-state index in [9.17, 15) is 5.11 Å². The number of aryl methyl sites for hydroxylation is 2. The van der Waals surface area contributed by atoms with Gasteiger partial charge in [-0.15, -0.1) is 0 Å². The molecule has 0 saturated carbocycles. The Morgan fingerprint density at radius 3 is 2.88 bits per heavy atom. The molecule has 2 aromatic heterocycles. The molecule has 0 aliphatic carbocycles. The van der Waals surface area contributed by atoms with E-state index in [1.165, 1.54) is 0 Å². The molecule has 0 aliphatic heterocycles. The fourth-order valence-corrected chi connectivity index (χ4v) is 1.59. The van der Waals surface area contributed by atoms with Gasteiger partial charge in [-0.2, -0.15) is 0 Å². The fraction of sp³-hybridized carbons (Fsp3) is 0.364. The summed E-state index contributed by atoms with van der Waals surface area (Å²) in [6.45, 7) is 4.57. The van der Waals surface area contributed by atoms with E-state index in [0.29, 0.717) is 17.3 Å². The Balaban J connectivity index is 2.35. The largest absolute Gasteiger partial charge is 0.379 e. The highest BCUT2D eigenvalue weighted by molar-refractivity contribution is 5.14. The summed E-state index contributed by atoms with van der Waals surface area (Å²) in [6, 6.07) is 1.70. The third-order valence-electron chi connectivity index (χ3n) is 2.41. The standard InChI is InChI=1S/C11H14N4O/c1-3-15-7-6-13-11(15)10(16)9-4-5-12-8(2)14-9/h4-7,10,16H,3H2,1-2H3. The second kappa shape index (κ2) is 4.40. The van der Waals surface area contributed by atoms with Gasteiger partial charge in [0.1, 0.15) is 11.6 Å². The van der Waals surface area contributed by atoms with Crippen LogP contribution < -0.4 is 0 Å². The van der Waals surface area contributed by atoms with Crippen molar-refractivity contribution < 1.29 is 5.11 Å². The first-order valence-electron chi connectivity index (χ1n) is 5.21. The fourth-order valence-electron chi connectivity index (χ4n) is 1.59. The number of imidazole rings is 1. The van der Waals surface area contributed by atoms with Crippen LogP contribution in [0.1, 0.15) is 30.4 Å². The van der Waals surface area contributed by atoms with Gasteiger partial charge in [-0.05, 0) is 19.9 Å². The molecule has 0 amide bonds. The molecular formula is C11H14N4O. The molecule has 5 heteroatoms. The van der Waals surface area contributed by atoms with Crippen LogP contribution in [-0.2, 0) is 6.54 Å². The monoisotopic (exact) mass is 218 g/mol. The van der Waals surface area contributed by atoms with E-state index in [-0.39, 0.29) is 0 Å². The third-order valence-corrected chi connectivity index (χ3v) is 2.41. The summed E-state index contributed by atoms with van der Waals surface area (Å²) in [5.41, 5.74) is 0.577. The zero-order valence-corrected chi connectivity index (χ0v) is 9.33. The van der Waals surface area contributed by atoms with E-state index in [0.717, 1.165) is 6.54 Å². The van der Waals surface area contributed by atoms with Gasteiger partial charge in [0, 0.05) is 25.1 Å². The molecule has 2 heterocycles. The van der Waals surface area contributed by atoms with E-state index in [4.69, 9.17) is 0 Å². The maximum atomic E-state index is 10.1. The van der Waals surface area contributed by atoms with E-state index >= 15 is 0 Å². The Hall–Kier alpha value is -1.75. The molecule has 5 nitrogen and oxygen atoms in total. The molecule has 0 radical (unpaired) electrons. The quantitative estimate of drug-likeness (QED) is 0.837. The summed E-state index contributed by atoms with van der Waals surface area (Å²) < 4.78 is 1.89. The summed E-state index contributed by atoms with van der Waals surface area (Å²) in [5.74, 6) is 1.26. The average molecular weight is 218 g/mol. The van der Waals surface area contributed by atoms with Crippen LogP contribution in [-0.4, -0.2) is 24.6 Å². The van der Waals surface area contributed by atoms with Crippen molar-refractivity contribution in [3.05, 3.63) is 42.0 Å². The number of aliphatic hydroxyl groups is 1. The van der Waals surface area contributed by atoms with Crippen LogP contribution in [0.15, 0.2) is 24.7 Å². The summed E-state index contributed by atoms with van der Waals surface area (Å²) in [5, 5.41) is 10.1.